The zero-order valence-corrected chi connectivity index (χ0v) is 11.0. The smallest absolute Gasteiger partial charge is 0.225 e. The SMILES string of the molecule is COCc1cccc(CNC(=O)C(C)(C)C)c1. The first-order valence-electron chi connectivity index (χ1n) is 5.78. The first-order valence-corrected chi connectivity index (χ1v) is 5.78. The van der Waals surface area contributed by atoms with Gasteiger partial charge in [-0.05, 0) is 11.1 Å². The molecular weight excluding hydrogens is 214 g/mol. The summed E-state index contributed by atoms with van der Waals surface area (Å²) in [5, 5.41) is 2.93. The number of hydrogen-bond donors (Lipinski definition) is 1. The molecule has 0 aliphatic rings. The Morgan fingerprint density at radius 1 is 1.29 bits per heavy atom. The van der Waals surface area contributed by atoms with E-state index in [1.807, 2.05) is 45.0 Å². The molecule has 0 aliphatic carbocycles. The molecule has 3 nitrogen and oxygen atoms in total. The van der Waals surface area contributed by atoms with E-state index in [0.29, 0.717) is 13.2 Å². The molecule has 0 aliphatic heterocycles. The van der Waals surface area contributed by atoms with Crippen molar-refractivity contribution < 1.29 is 9.53 Å². The highest BCUT2D eigenvalue weighted by Gasteiger charge is 2.20. The van der Waals surface area contributed by atoms with Gasteiger partial charge in [-0.2, -0.15) is 0 Å². The third-order valence-electron chi connectivity index (χ3n) is 2.44. The Bertz CT molecular complexity index is 380. The van der Waals surface area contributed by atoms with E-state index in [9.17, 15) is 4.79 Å². The van der Waals surface area contributed by atoms with E-state index in [2.05, 4.69) is 5.32 Å². The standard InChI is InChI=1S/C14H21NO2/c1-14(2,3)13(16)15-9-11-6-5-7-12(8-11)10-17-4/h5-8H,9-10H2,1-4H3,(H,15,16). The van der Waals surface area contributed by atoms with Crippen LogP contribution in [0.4, 0.5) is 0 Å². The first kappa shape index (κ1) is 13.7. The van der Waals surface area contributed by atoms with Gasteiger partial charge in [-0.25, -0.2) is 0 Å². The minimum atomic E-state index is -0.343. The van der Waals surface area contributed by atoms with E-state index < -0.39 is 0 Å². The van der Waals surface area contributed by atoms with Crippen LogP contribution in [0.15, 0.2) is 24.3 Å². The largest absolute Gasteiger partial charge is 0.380 e. The average Bonchev–Trinajstić information content (AvgIpc) is 2.25. The van der Waals surface area contributed by atoms with E-state index in [1.54, 1.807) is 7.11 Å². The fraction of sp³-hybridized carbons (Fsp3) is 0.500. The normalized spacial score (nSPS) is 11.3. The van der Waals surface area contributed by atoms with Crippen LogP contribution in [0.2, 0.25) is 0 Å². The number of carbonyl (C=O) groups excluding carboxylic acids is 1. The zero-order chi connectivity index (χ0) is 12.9. The minimum absolute atomic E-state index is 0.0645. The number of methoxy groups -OCH3 is 1. The lowest BCUT2D eigenvalue weighted by molar-refractivity contribution is -0.128. The molecule has 0 unspecified atom stereocenters. The van der Waals surface area contributed by atoms with Crippen molar-refractivity contribution in [2.75, 3.05) is 7.11 Å². The molecule has 1 amide bonds. The minimum Gasteiger partial charge on any atom is -0.380 e. The van der Waals surface area contributed by atoms with E-state index >= 15 is 0 Å². The van der Waals surface area contributed by atoms with Gasteiger partial charge in [0.15, 0.2) is 0 Å². The van der Waals surface area contributed by atoms with Crippen LogP contribution >= 0.6 is 0 Å². The van der Waals surface area contributed by atoms with Crippen LogP contribution in [0.5, 0.6) is 0 Å². The molecule has 17 heavy (non-hydrogen) atoms. The monoisotopic (exact) mass is 235 g/mol. The summed E-state index contributed by atoms with van der Waals surface area (Å²) in [5.41, 5.74) is 1.87. The third-order valence-corrected chi connectivity index (χ3v) is 2.44. The molecule has 3 heteroatoms. The Balaban J connectivity index is 2.57. The molecule has 1 rings (SSSR count). The number of rotatable bonds is 4. The predicted molar refractivity (Wildman–Crippen MR) is 68.5 cm³/mol. The molecular formula is C14H21NO2. The van der Waals surface area contributed by atoms with Gasteiger partial charge in [-0.15, -0.1) is 0 Å². The van der Waals surface area contributed by atoms with E-state index in [-0.39, 0.29) is 11.3 Å². The van der Waals surface area contributed by atoms with E-state index in [0.717, 1.165) is 11.1 Å². The van der Waals surface area contributed by atoms with Crippen molar-refractivity contribution in [3.05, 3.63) is 35.4 Å². The van der Waals surface area contributed by atoms with Crippen molar-refractivity contribution >= 4 is 5.91 Å². The molecule has 0 atom stereocenters. The van der Waals surface area contributed by atoms with Gasteiger partial charge in [0.2, 0.25) is 5.91 Å². The fourth-order valence-corrected chi connectivity index (χ4v) is 1.44. The van der Waals surface area contributed by atoms with Crippen molar-refractivity contribution in [3.8, 4) is 0 Å². The molecule has 0 aromatic heterocycles. The summed E-state index contributed by atoms with van der Waals surface area (Å²) in [4.78, 5) is 11.7. The van der Waals surface area contributed by atoms with Crippen LogP contribution in [0, 0.1) is 5.41 Å². The number of hydrogen-bond acceptors (Lipinski definition) is 2. The van der Waals surface area contributed by atoms with Crippen LogP contribution in [0.1, 0.15) is 31.9 Å². The number of carbonyl (C=O) groups is 1. The lowest BCUT2D eigenvalue weighted by Gasteiger charge is -2.17. The number of ether oxygens (including phenoxy) is 1. The molecule has 94 valence electrons. The lowest BCUT2D eigenvalue weighted by atomic mass is 9.95. The van der Waals surface area contributed by atoms with Crippen LogP contribution in [0.25, 0.3) is 0 Å². The van der Waals surface area contributed by atoms with Crippen LogP contribution in [-0.4, -0.2) is 13.0 Å². The Labute approximate surface area is 103 Å². The second kappa shape index (κ2) is 5.82. The van der Waals surface area contributed by atoms with Crippen molar-refractivity contribution in [1.29, 1.82) is 0 Å². The number of nitrogens with one attached hydrogen (secondary N) is 1. The second-order valence-electron chi connectivity index (χ2n) is 5.19. The zero-order valence-electron chi connectivity index (χ0n) is 11.0. The van der Waals surface area contributed by atoms with E-state index in [4.69, 9.17) is 4.74 Å². The summed E-state index contributed by atoms with van der Waals surface area (Å²) in [5.74, 6) is 0.0645. The topological polar surface area (TPSA) is 38.3 Å². The molecule has 0 radical (unpaired) electrons. The lowest BCUT2D eigenvalue weighted by Crippen LogP contribution is -2.34. The molecule has 0 saturated heterocycles. The van der Waals surface area contributed by atoms with Crippen molar-refractivity contribution in [2.24, 2.45) is 5.41 Å². The summed E-state index contributed by atoms with van der Waals surface area (Å²) in [6.07, 6.45) is 0. The number of benzene rings is 1. The Kier molecular flexibility index (Phi) is 4.70. The Morgan fingerprint density at radius 2 is 1.94 bits per heavy atom. The fourth-order valence-electron chi connectivity index (χ4n) is 1.44. The molecule has 1 aromatic carbocycles. The van der Waals surface area contributed by atoms with E-state index in [1.165, 1.54) is 0 Å². The van der Waals surface area contributed by atoms with Gasteiger partial charge in [-0.3, -0.25) is 4.79 Å². The highest BCUT2D eigenvalue weighted by Crippen LogP contribution is 2.13. The van der Waals surface area contributed by atoms with Crippen molar-refractivity contribution in [3.63, 3.8) is 0 Å². The maximum atomic E-state index is 11.7. The van der Waals surface area contributed by atoms with Gasteiger partial charge in [0.05, 0.1) is 6.61 Å². The highest BCUT2D eigenvalue weighted by molar-refractivity contribution is 5.81. The third kappa shape index (κ3) is 4.57. The Hall–Kier alpha value is -1.35. The predicted octanol–water partition coefficient (Wildman–Crippen LogP) is 2.50. The van der Waals surface area contributed by atoms with Crippen LogP contribution < -0.4 is 5.32 Å². The summed E-state index contributed by atoms with van der Waals surface area (Å²) in [6, 6.07) is 8.04. The van der Waals surface area contributed by atoms with Crippen molar-refractivity contribution in [2.45, 2.75) is 33.9 Å². The van der Waals surface area contributed by atoms with Crippen LogP contribution in [0.3, 0.4) is 0 Å². The first-order chi connectivity index (χ1) is 7.93. The van der Waals surface area contributed by atoms with Crippen molar-refractivity contribution in [1.82, 2.24) is 5.32 Å². The van der Waals surface area contributed by atoms with Gasteiger partial charge in [0, 0.05) is 19.1 Å². The number of amides is 1. The molecule has 0 spiro atoms. The van der Waals surface area contributed by atoms with Crippen LogP contribution in [-0.2, 0) is 22.7 Å². The van der Waals surface area contributed by atoms with Gasteiger partial charge in [-0.1, -0.05) is 45.0 Å². The van der Waals surface area contributed by atoms with Gasteiger partial charge in [0.25, 0.3) is 0 Å². The molecule has 0 bridgehead atoms. The molecule has 0 saturated carbocycles. The molecule has 0 fully saturated rings. The molecule has 0 heterocycles. The van der Waals surface area contributed by atoms with Gasteiger partial charge in [0.1, 0.15) is 0 Å². The Morgan fingerprint density at radius 3 is 2.53 bits per heavy atom. The van der Waals surface area contributed by atoms with Gasteiger partial charge >= 0.3 is 0 Å². The molecule has 1 N–H and O–H groups in total. The summed E-state index contributed by atoms with van der Waals surface area (Å²) < 4.78 is 5.08. The summed E-state index contributed by atoms with van der Waals surface area (Å²) >= 11 is 0. The maximum absolute atomic E-state index is 11.7. The maximum Gasteiger partial charge on any atom is 0.225 e. The highest BCUT2D eigenvalue weighted by atomic mass is 16.5. The molecule has 1 aromatic rings. The quantitative estimate of drug-likeness (QED) is 0.870. The van der Waals surface area contributed by atoms with Gasteiger partial charge < -0.3 is 10.1 Å². The summed E-state index contributed by atoms with van der Waals surface area (Å²) in [7, 11) is 1.67. The summed E-state index contributed by atoms with van der Waals surface area (Å²) in [6.45, 7) is 6.88. The second-order valence-corrected chi connectivity index (χ2v) is 5.19. The average molecular weight is 235 g/mol.